The first-order chi connectivity index (χ1) is 10.1. The average Bonchev–Trinajstić information content (AvgIpc) is 2.53. The summed E-state index contributed by atoms with van der Waals surface area (Å²) in [4.78, 5) is 22.2. The van der Waals surface area contributed by atoms with Crippen LogP contribution in [0.2, 0.25) is 0 Å². The van der Waals surface area contributed by atoms with Gasteiger partial charge in [-0.1, -0.05) is 30.3 Å². The lowest BCUT2D eigenvalue weighted by Gasteiger charge is -1.97. The van der Waals surface area contributed by atoms with Crippen LogP contribution in [0.1, 0.15) is 21.5 Å². The summed E-state index contributed by atoms with van der Waals surface area (Å²) in [6, 6.07) is 14.3. The highest BCUT2D eigenvalue weighted by Gasteiger charge is 2.05. The number of allylic oxidation sites excluding steroid dienone is 1. The predicted octanol–water partition coefficient (Wildman–Crippen LogP) is 3.36. The molecule has 0 aliphatic rings. The lowest BCUT2D eigenvalue weighted by Crippen LogP contribution is -1.94. The molecule has 21 heavy (non-hydrogen) atoms. The van der Waals surface area contributed by atoms with Crippen molar-refractivity contribution in [1.82, 2.24) is 0 Å². The Labute approximate surface area is 120 Å². The van der Waals surface area contributed by atoms with Gasteiger partial charge in [-0.05, 0) is 23.8 Å². The molecule has 0 saturated heterocycles. The highest BCUT2D eigenvalue weighted by atomic mass is 16.6. The van der Waals surface area contributed by atoms with E-state index in [1.54, 1.807) is 30.3 Å². The van der Waals surface area contributed by atoms with E-state index in [-0.39, 0.29) is 11.5 Å². The molecule has 0 fully saturated rings. The molecule has 2 aromatic rings. The molecule has 0 aliphatic heterocycles. The van der Waals surface area contributed by atoms with Crippen molar-refractivity contribution < 1.29 is 9.72 Å². The van der Waals surface area contributed by atoms with E-state index in [2.05, 4.69) is 0 Å². The van der Waals surface area contributed by atoms with Crippen LogP contribution in [-0.2, 0) is 0 Å². The van der Waals surface area contributed by atoms with Gasteiger partial charge in [-0.2, -0.15) is 5.26 Å². The number of nitrogens with zero attached hydrogens (tertiary/aromatic N) is 2. The molecule has 0 aliphatic carbocycles. The molecule has 2 aromatic carbocycles. The van der Waals surface area contributed by atoms with Crippen molar-refractivity contribution in [2.75, 3.05) is 0 Å². The van der Waals surface area contributed by atoms with E-state index in [1.165, 1.54) is 30.4 Å². The SMILES string of the molecule is N#Cc1cccc(C(=O)/C=C/c2cccc([N+](=O)[O-])c2)c1. The van der Waals surface area contributed by atoms with E-state index in [4.69, 9.17) is 5.26 Å². The molecule has 102 valence electrons. The Hall–Kier alpha value is -3.26. The first kappa shape index (κ1) is 14.2. The minimum atomic E-state index is -0.491. The van der Waals surface area contributed by atoms with Gasteiger partial charge in [-0.3, -0.25) is 14.9 Å². The summed E-state index contributed by atoms with van der Waals surface area (Å²) in [5.41, 5.74) is 1.34. The van der Waals surface area contributed by atoms with E-state index in [9.17, 15) is 14.9 Å². The third-order valence-corrected chi connectivity index (χ3v) is 2.78. The third-order valence-electron chi connectivity index (χ3n) is 2.78. The summed E-state index contributed by atoms with van der Waals surface area (Å²) in [7, 11) is 0. The van der Waals surface area contributed by atoms with Gasteiger partial charge >= 0.3 is 0 Å². The summed E-state index contributed by atoms with van der Waals surface area (Å²) in [6.45, 7) is 0. The highest BCUT2D eigenvalue weighted by molar-refractivity contribution is 6.07. The summed E-state index contributed by atoms with van der Waals surface area (Å²) in [5, 5.41) is 19.5. The monoisotopic (exact) mass is 278 g/mol. The van der Waals surface area contributed by atoms with Gasteiger partial charge < -0.3 is 0 Å². The van der Waals surface area contributed by atoms with Crippen molar-refractivity contribution in [3.8, 4) is 6.07 Å². The average molecular weight is 278 g/mol. The normalized spacial score (nSPS) is 10.2. The fourth-order valence-electron chi connectivity index (χ4n) is 1.75. The second kappa shape index (κ2) is 6.26. The number of carbonyl (C=O) groups is 1. The van der Waals surface area contributed by atoms with Gasteiger partial charge in [0.05, 0.1) is 16.6 Å². The Morgan fingerprint density at radius 1 is 1.19 bits per heavy atom. The van der Waals surface area contributed by atoms with Crippen molar-refractivity contribution in [1.29, 1.82) is 5.26 Å². The first-order valence-corrected chi connectivity index (χ1v) is 6.07. The summed E-state index contributed by atoms with van der Waals surface area (Å²) in [5.74, 6) is -0.265. The van der Waals surface area contributed by atoms with E-state index in [0.717, 1.165) is 0 Å². The van der Waals surface area contributed by atoms with Crippen LogP contribution in [-0.4, -0.2) is 10.7 Å². The molecular weight excluding hydrogens is 268 g/mol. The number of non-ortho nitro benzene ring substituents is 1. The smallest absolute Gasteiger partial charge is 0.270 e. The standard InChI is InChI=1S/C16H10N2O3/c17-11-13-4-1-5-14(9-13)16(19)8-7-12-3-2-6-15(10-12)18(20)21/h1-10H/b8-7+. The molecule has 0 bridgehead atoms. The zero-order valence-corrected chi connectivity index (χ0v) is 10.9. The van der Waals surface area contributed by atoms with Gasteiger partial charge in [0.25, 0.3) is 5.69 Å². The number of ketones is 1. The minimum absolute atomic E-state index is 0.0314. The third kappa shape index (κ3) is 3.61. The zero-order valence-electron chi connectivity index (χ0n) is 10.9. The second-order valence-corrected chi connectivity index (χ2v) is 4.24. The maximum atomic E-state index is 12.0. The fraction of sp³-hybridized carbons (Fsp3) is 0. The maximum Gasteiger partial charge on any atom is 0.270 e. The molecule has 5 heteroatoms. The lowest BCUT2D eigenvalue weighted by atomic mass is 10.1. The molecule has 5 nitrogen and oxygen atoms in total. The van der Waals surface area contributed by atoms with Crippen molar-refractivity contribution in [3.05, 3.63) is 81.4 Å². The Morgan fingerprint density at radius 3 is 2.67 bits per heavy atom. The van der Waals surface area contributed by atoms with Crippen molar-refractivity contribution in [3.63, 3.8) is 0 Å². The second-order valence-electron chi connectivity index (χ2n) is 4.24. The predicted molar refractivity (Wildman–Crippen MR) is 77.6 cm³/mol. The van der Waals surface area contributed by atoms with Crippen molar-refractivity contribution >= 4 is 17.5 Å². The summed E-state index contributed by atoms with van der Waals surface area (Å²) >= 11 is 0. The van der Waals surface area contributed by atoms with Crippen LogP contribution in [0.4, 0.5) is 5.69 Å². The molecule has 0 amide bonds. The Morgan fingerprint density at radius 2 is 1.95 bits per heavy atom. The van der Waals surface area contributed by atoms with Gasteiger partial charge in [0.15, 0.2) is 5.78 Å². The Balaban J connectivity index is 2.21. The van der Waals surface area contributed by atoms with Gasteiger partial charge in [-0.25, -0.2) is 0 Å². The quantitative estimate of drug-likeness (QED) is 0.371. The molecule has 0 heterocycles. The van der Waals surface area contributed by atoms with E-state index in [1.807, 2.05) is 6.07 Å². The minimum Gasteiger partial charge on any atom is -0.289 e. The topological polar surface area (TPSA) is 84.0 Å². The maximum absolute atomic E-state index is 12.0. The molecule has 0 unspecified atom stereocenters. The van der Waals surface area contributed by atoms with E-state index in [0.29, 0.717) is 16.7 Å². The Kier molecular flexibility index (Phi) is 4.22. The Bertz CT molecular complexity index is 773. The van der Waals surface area contributed by atoms with Gasteiger partial charge in [0.2, 0.25) is 0 Å². The van der Waals surface area contributed by atoms with Crippen molar-refractivity contribution in [2.45, 2.75) is 0 Å². The van der Waals surface area contributed by atoms with Crippen LogP contribution in [0, 0.1) is 21.4 Å². The van der Waals surface area contributed by atoms with Crippen molar-refractivity contribution in [2.24, 2.45) is 0 Å². The number of nitro groups is 1. The van der Waals surface area contributed by atoms with Crippen LogP contribution < -0.4 is 0 Å². The number of nitriles is 1. The molecule has 0 spiro atoms. The van der Waals surface area contributed by atoms with E-state index < -0.39 is 4.92 Å². The number of nitro benzene ring substituents is 1. The number of benzene rings is 2. The molecule has 0 aromatic heterocycles. The number of hydrogen-bond donors (Lipinski definition) is 0. The molecule has 0 atom stereocenters. The van der Waals surface area contributed by atoms with Gasteiger partial charge in [-0.15, -0.1) is 0 Å². The fourth-order valence-corrected chi connectivity index (χ4v) is 1.75. The number of rotatable bonds is 4. The van der Waals surface area contributed by atoms with Crippen LogP contribution >= 0.6 is 0 Å². The zero-order chi connectivity index (χ0) is 15.2. The molecule has 0 radical (unpaired) electrons. The summed E-state index contributed by atoms with van der Waals surface area (Å²) in [6.07, 6.45) is 2.84. The lowest BCUT2D eigenvalue weighted by molar-refractivity contribution is -0.384. The molecule has 0 saturated carbocycles. The largest absolute Gasteiger partial charge is 0.289 e. The summed E-state index contributed by atoms with van der Waals surface area (Å²) < 4.78 is 0. The van der Waals surface area contributed by atoms with Crippen LogP contribution in [0.5, 0.6) is 0 Å². The molecule has 0 N–H and O–H groups in total. The highest BCUT2D eigenvalue weighted by Crippen LogP contribution is 2.14. The van der Waals surface area contributed by atoms with Gasteiger partial charge in [0.1, 0.15) is 0 Å². The molecular formula is C16H10N2O3. The van der Waals surface area contributed by atoms with E-state index >= 15 is 0 Å². The van der Waals surface area contributed by atoms with Crippen LogP contribution in [0.15, 0.2) is 54.6 Å². The number of carbonyl (C=O) groups excluding carboxylic acids is 1. The van der Waals surface area contributed by atoms with Crippen LogP contribution in [0.25, 0.3) is 6.08 Å². The van der Waals surface area contributed by atoms with Gasteiger partial charge in [0, 0.05) is 17.7 Å². The number of hydrogen-bond acceptors (Lipinski definition) is 4. The molecule has 2 rings (SSSR count). The van der Waals surface area contributed by atoms with Crippen LogP contribution in [0.3, 0.4) is 0 Å². The first-order valence-electron chi connectivity index (χ1n) is 6.07.